The van der Waals surface area contributed by atoms with E-state index in [1.807, 2.05) is 0 Å². The van der Waals surface area contributed by atoms with Crippen LogP contribution in [-0.4, -0.2) is 61.3 Å². The van der Waals surface area contributed by atoms with Crippen LogP contribution in [0.4, 0.5) is 0 Å². The average Bonchev–Trinajstić information content (AvgIpc) is 2.60. The van der Waals surface area contributed by atoms with Gasteiger partial charge in [0, 0.05) is 32.2 Å². The average molecular weight is 368 g/mol. The lowest BCUT2D eigenvalue weighted by molar-refractivity contribution is -0.137. The minimum Gasteiger partial charge on any atom is -0.481 e. The fourth-order valence-corrected chi connectivity index (χ4v) is 4.36. The second kappa shape index (κ2) is 7.97. The van der Waals surface area contributed by atoms with Gasteiger partial charge in [0.05, 0.1) is 11.3 Å². The lowest BCUT2D eigenvalue weighted by Gasteiger charge is -2.26. The summed E-state index contributed by atoms with van der Waals surface area (Å²) in [7, 11) is -2.11. The molecule has 25 heavy (non-hydrogen) atoms. The molecule has 1 aliphatic heterocycles. The molecular formula is C17H24N2O5S. The maximum absolute atomic E-state index is 12.8. The number of hydrogen-bond donors (Lipinski definition) is 1. The van der Waals surface area contributed by atoms with Gasteiger partial charge in [-0.2, -0.15) is 4.31 Å². The Labute approximate surface area is 148 Å². The quantitative estimate of drug-likeness (QED) is 0.825. The summed E-state index contributed by atoms with van der Waals surface area (Å²) in [6, 6.07) is 4.54. The minimum atomic E-state index is -3.62. The first-order valence-electron chi connectivity index (χ1n) is 8.31. The van der Waals surface area contributed by atoms with E-state index in [2.05, 4.69) is 0 Å². The van der Waals surface area contributed by atoms with Crippen LogP contribution in [0.3, 0.4) is 0 Å². The van der Waals surface area contributed by atoms with Crippen LogP contribution in [0.2, 0.25) is 0 Å². The van der Waals surface area contributed by atoms with E-state index in [-0.39, 0.29) is 29.3 Å². The Kier molecular flexibility index (Phi) is 6.18. The summed E-state index contributed by atoms with van der Waals surface area (Å²) in [4.78, 5) is 24.6. The highest BCUT2D eigenvalue weighted by Crippen LogP contribution is 2.23. The Morgan fingerprint density at radius 1 is 1.20 bits per heavy atom. The number of sulfonamides is 1. The molecule has 1 aromatic carbocycles. The zero-order valence-electron chi connectivity index (χ0n) is 14.6. The molecule has 1 aliphatic rings. The Morgan fingerprint density at radius 3 is 2.44 bits per heavy atom. The van der Waals surface area contributed by atoms with E-state index in [0.717, 1.165) is 19.3 Å². The third-order valence-corrected chi connectivity index (χ3v) is 6.29. The van der Waals surface area contributed by atoms with Crippen molar-refractivity contribution in [3.8, 4) is 0 Å². The maximum Gasteiger partial charge on any atom is 0.305 e. The maximum atomic E-state index is 12.8. The molecule has 1 heterocycles. The van der Waals surface area contributed by atoms with Gasteiger partial charge in [0.2, 0.25) is 10.0 Å². The van der Waals surface area contributed by atoms with E-state index in [1.54, 1.807) is 13.0 Å². The van der Waals surface area contributed by atoms with Crippen LogP contribution >= 0.6 is 0 Å². The van der Waals surface area contributed by atoms with E-state index in [9.17, 15) is 18.0 Å². The molecule has 0 radical (unpaired) electrons. The molecule has 0 spiro atoms. The summed E-state index contributed by atoms with van der Waals surface area (Å²) in [5, 5.41) is 8.74. The van der Waals surface area contributed by atoms with Crippen LogP contribution < -0.4 is 0 Å². The van der Waals surface area contributed by atoms with Crippen molar-refractivity contribution in [1.29, 1.82) is 0 Å². The number of aryl methyl sites for hydroxylation is 1. The van der Waals surface area contributed by atoms with Gasteiger partial charge in [-0.25, -0.2) is 8.42 Å². The zero-order valence-corrected chi connectivity index (χ0v) is 15.4. The first kappa shape index (κ1) is 19.4. The first-order chi connectivity index (χ1) is 11.7. The van der Waals surface area contributed by atoms with Crippen molar-refractivity contribution >= 4 is 21.9 Å². The highest BCUT2D eigenvalue weighted by atomic mass is 32.2. The molecule has 1 amide bonds. The van der Waals surface area contributed by atoms with Gasteiger partial charge < -0.3 is 10.0 Å². The van der Waals surface area contributed by atoms with E-state index in [1.165, 1.54) is 28.4 Å². The Balaban J connectivity index is 2.27. The summed E-state index contributed by atoms with van der Waals surface area (Å²) in [6.07, 6.45) is 2.55. The van der Waals surface area contributed by atoms with E-state index in [0.29, 0.717) is 18.7 Å². The molecule has 2 rings (SSSR count). The van der Waals surface area contributed by atoms with E-state index >= 15 is 0 Å². The molecule has 1 N–H and O–H groups in total. The summed E-state index contributed by atoms with van der Waals surface area (Å²) in [6.45, 7) is 2.79. The molecule has 0 aromatic heterocycles. The predicted molar refractivity (Wildman–Crippen MR) is 93.0 cm³/mol. The Bertz CT molecular complexity index is 754. The Hall–Kier alpha value is -1.93. The minimum absolute atomic E-state index is 0.0662. The fraction of sp³-hybridized carbons (Fsp3) is 0.529. The molecule has 0 saturated carbocycles. The lowest BCUT2D eigenvalue weighted by atomic mass is 10.1. The molecule has 0 atom stereocenters. The van der Waals surface area contributed by atoms with Gasteiger partial charge in [-0.05, 0) is 37.5 Å². The number of nitrogens with zero attached hydrogens (tertiary/aromatic N) is 2. The van der Waals surface area contributed by atoms with Crippen LogP contribution in [0.1, 0.15) is 41.6 Å². The smallest absolute Gasteiger partial charge is 0.305 e. The third kappa shape index (κ3) is 4.58. The van der Waals surface area contributed by atoms with Gasteiger partial charge in [0.25, 0.3) is 5.91 Å². The van der Waals surface area contributed by atoms with Gasteiger partial charge in [-0.1, -0.05) is 12.5 Å². The Morgan fingerprint density at radius 2 is 1.84 bits per heavy atom. The summed E-state index contributed by atoms with van der Waals surface area (Å²) in [5.41, 5.74) is 0.941. The molecule has 1 saturated heterocycles. The van der Waals surface area contributed by atoms with Crippen molar-refractivity contribution in [3.63, 3.8) is 0 Å². The van der Waals surface area contributed by atoms with E-state index < -0.39 is 16.0 Å². The number of hydrogen-bond acceptors (Lipinski definition) is 4. The van der Waals surface area contributed by atoms with Crippen molar-refractivity contribution in [2.24, 2.45) is 0 Å². The predicted octanol–water partition coefficient (Wildman–Crippen LogP) is 1.72. The number of carboxylic acids is 1. The van der Waals surface area contributed by atoms with Gasteiger partial charge in [-0.3, -0.25) is 9.59 Å². The van der Waals surface area contributed by atoms with Crippen LogP contribution in [0.5, 0.6) is 0 Å². The number of carbonyl (C=O) groups is 2. The largest absolute Gasteiger partial charge is 0.481 e. The molecule has 0 bridgehead atoms. The summed E-state index contributed by atoms with van der Waals surface area (Å²) < 4.78 is 27.0. The molecule has 0 unspecified atom stereocenters. The molecule has 0 aliphatic carbocycles. The summed E-state index contributed by atoms with van der Waals surface area (Å²) in [5.74, 6) is -1.37. The highest BCUT2D eigenvalue weighted by Gasteiger charge is 2.27. The van der Waals surface area contributed by atoms with Gasteiger partial charge in [-0.15, -0.1) is 0 Å². The van der Waals surface area contributed by atoms with Crippen LogP contribution in [-0.2, 0) is 14.8 Å². The van der Waals surface area contributed by atoms with Crippen molar-refractivity contribution in [2.45, 2.75) is 37.5 Å². The zero-order chi connectivity index (χ0) is 18.6. The molecule has 7 nitrogen and oxygen atoms in total. The number of rotatable bonds is 6. The van der Waals surface area contributed by atoms with Crippen molar-refractivity contribution in [2.75, 3.05) is 26.7 Å². The first-order valence-corrected chi connectivity index (χ1v) is 9.75. The monoisotopic (exact) mass is 368 g/mol. The lowest BCUT2D eigenvalue weighted by Crippen LogP contribution is -2.36. The number of piperidine rings is 1. The number of carbonyl (C=O) groups excluding carboxylic acids is 1. The molecule has 138 valence electrons. The number of amides is 1. The number of carboxylic acid groups (broad SMARTS) is 1. The highest BCUT2D eigenvalue weighted by molar-refractivity contribution is 7.89. The molecule has 1 fully saturated rings. The summed E-state index contributed by atoms with van der Waals surface area (Å²) >= 11 is 0. The SMILES string of the molecule is Cc1ccc(S(=O)(=O)N2CCCCC2)cc1C(=O)N(C)CCC(=O)O. The number of aliphatic carboxylic acids is 1. The normalized spacial score (nSPS) is 15.8. The van der Waals surface area contributed by atoms with Crippen LogP contribution in [0.15, 0.2) is 23.1 Å². The molecular weight excluding hydrogens is 344 g/mol. The molecule has 1 aromatic rings. The standard InChI is InChI=1S/C17H24N2O5S/c1-13-6-7-14(25(23,24)19-9-4-3-5-10-19)12-15(13)17(22)18(2)11-8-16(20)21/h6-7,12H,3-5,8-11H2,1-2H3,(H,20,21). The second-order valence-corrected chi connectivity index (χ2v) is 8.25. The second-order valence-electron chi connectivity index (χ2n) is 6.31. The molecule has 8 heteroatoms. The van der Waals surface area contributed by atoms with Crippen LogP contribution in [0.25, 0.3) is 0 Å². The van der Waals surface area contributed by atoms with Crippen LogP contribution in [0, 0.1) is 6.92 Å². The van der Waals surface area contributed by atoms with Gasteiger partial charge in [0.15, 0.2) is 0 Å². The van der Waals surface area contributed by atoms with Gasteiger partial charge >= 0.3 is 5.97 Å². The fourth-order valence-electron chi connectivity index (χ4n) is 2.82. The number of benzene rings is 1. The topological polar surface area (TPSA) is 95.0 Å². The van der Waals surface area contributed by atoms with Gasteiger partial charge in [0.1, 0.15) is 0 Å². The third-order valence-electron chi connectivity index (χ3n) is 4.40. The van der Waals surface area contributed by atoms with Crippen molar-refractivity contribution in [1.82, 2.24) is 9.21 Å². The van der Waals surface area contributed by atoms with E-state index in [4.69, 9.17) is 5.11 Å². The van der Waals surface area contributed by atoms with Crippen molar-refractivity contribution < 1.29 is 23.1 Å². The van der Waals surface area contributed by atoms with Crippen molar-refractivity contribution in [3.05, 3.63) is 29.3 Å².